The van der Waals surface area contributed by atoms with E-state index in [1.54, 1.807) is 0 Å². The maximum Gasteiger partial charge on any atom is 0.225 e. The summed E-state index contributed by atoms with van der Waals surface area (Å²) in [6, 6.07) is 7.08. The van der Waals surface area contributed by atoms with Crippen molar-refractivity contribution in [1.29, 1.82) is 0 Å². The number of halogens is 2. The Labute approximate surface area is 140 Å². The maximum atomic E-state index is 13.5. The number of rotatable bonds is 6. The third-order valence-corrected chi connectivity index (χ3v) is 3.51. The second-order valence-electron chi connectivity index (χ2n) is 5.94. The molecule has 0 atom stereocenters. The van der Waals surface area contributed by atoms with Crippen LogP contribution < -0.4 is 5.32 Å². The van der Waals surface area contributed by atoms with E-state index in [4.69, 9.17) is 0 Å². The summed E-state index contributed by atoms with van der Waals surface area (Å²) in [4.78, 5) is 18.3. The Morgan fingerprint density at radius 1 is 1.21 bits per heavy atom. The average molecular weight is 333 g/mol. The van der Waals surface area contributed by atoms with Gasteiger partial charge in [0, 0.05) is 31.3 Å². The molecule has 128 valence electrons. The van der Waals surface area contributed by atoms with Crippen molar-refractivity contribution >= 4 is 11.6 Å². The number of aromatic nitrogens is 1. The molecule has 4 nitrogen and oxygen atoms in total. The Balaban J connectivity index is 1.84. The molecule has 2 aromatic rings. The van der Waals surface area contributed by atoms with E-state index < -0.39 is 11.6 Å². The van der Waals surface area contributed by atoms with Gasteiger partial charge in [-0.1, -0.05) is 0 Å². The van der Waals surface area contributed by atoms with Crippen LogP contribution in [0, 0.1) is 25.5 Å². The number of pyridine rings is 1. The van der Waals surface area contributed by atoms with E-state index in [1.165, 1.54) is 6.07 Å². The van der Waals surface area contributed by atoms with Gasteiger partial charge in [-0.2, -0.15) is 0 Å². The van der Waals surface area contributed by atoms with E-state index in [-0.39, 0.29) is 18.0 Å². The smallest absolute Gasteiger partial charge is 0.225 e. The van der Waals surface area contributed by atoms with Crippen molar-refractivity contribution in [2.24, 2.45) is 0 Å². The van der Waals surface area contributed by atoms with E-state index in [9.17, 15) is 13.6 Å². The third kappa shape index (κ3) is 5.38. The summed E-state index contributed by atoms with van der Waals surface area (Å²) in [6.45, 7) is 5.09. The zero-order chi connectivity index (χ0) is 17.7. The van der Waals surface area contributed by atoms with Gasteiger partial charge in [-0.3, -0.25) is 9.78 Å². The highest BCUT2D eigenvalue weighted by molar-refractivity contribution is 5.90. The van der Waals surface area contributed by atoms with Crippen LogP contribution in [-0.4, -0.2) is 29.4 Å². The van der Waals surface area contributed by atoms with Crippen molar-refractivity contribution < 1.29 is 13.6 Å². The van der Waals surface area contributed by atoms with Crippen LogP contribution in [0.3, 0.4) is 0 Å². The molecular formula is C18H21F2N3O. The summed E-state index contributed by atoms with van der Waals surface area (Å²) in [5.41, 5.74) is 3.04. The van der Waals surface area contributed by atoms with E-state index in [2.05, 4.69) is 10.3 Å². The highest BCUT2D eigenvalue weighted by Gasteiger charge is 2.10. The molecule has 1 heterocycles. The molecule has 24 heavy (non-hydrogen) atoms. The van der Waals surface area contributed by atoms with Crippen molar-refractivity contribution in [3.8, 4) is 0 Å². The molecule has 0 saturated carbocycles. The average Bonchev–Trinajstić information content (AvgIpc) is 2.47. The molecular weight excluding hydrogens is 312 g/mol. The van der Waals surface area contributed by atoms with Gasteiger partial charge in [-0.05, 0) is 50.7 Å². The van der Waals surface area contributed by atoms with Crippen molar-refractivity contribution in [2.45, 2.75) is 26.8 Å². The standard InChI is InChI=1S/C18H21F2N3O/c1-12-8-13(2)21-15(9-12)11-23(3)7-6-18(24)22-17-5-4-14(19)10-16(17)20/h4-5,8-10H,6-7,11H2,1-3H3,(H,22,24). The number of hydrogen-bond donors (Lipinski definition) is 1. The van der Waals surface area contributed by atoms with Crippen LogP contribution in [0.5, 0.6) is 0 Å². The number of carbonyl (C=O) groups excluding carboxylic acids is 1. The largest absolute Gasteiger partial charge is 0.324 e. The molecule has 1 aromatic heterocycles. The molecule has 0 aliphatic rings. The van der Waals surface area contributed by atoms with Gasteiger partial charge in [-0.25, -0.2) is 8.78 Å². The summed E-state index contributed by atoms with van der Waals surface area (Å²) in [5.74, 6) is -1.77. The highest BCUT2D eigenvalue weighted by atomic mass is 19.1. The summed E-state index contributed by atoms with van der Waals surface area (Å²) in [5, 5.41) is 2.45. The Kier molecular flexibility index (Phi) is 5.98. The molecule has 0 radical (unpaired) electrons. The molecule has 1 aromatic carbocycles. The van der Waals surface area contributed by atoms with Gasteiger partial charge in [-0.15, -0.1) is 0 Å². The first kappa shape index (κ1) is 18.0. The van der Waals surface area contributed by atoms with Crippen LogP contribution in [0.25, 0.3) is 0 Å². The Morgan fingerprint density at radius 2 is 1.96 bits per heavy atom. The molecule has 0 unspecified atom stereocenters. The molecule has 6 heteroatoms. The summed E-state index contributed by atoms with van der Waals surface area (Å²) < 4.78 is 26.3. The van der Waals surface area contributed by atoms with Crippen LogP contribution in [0.15, 0.2) is 30.3 Å². The van der Waals surface area contributed by atoms with E-state index in [1.807, 2.05) is 37.9 Å². The summed E-state index contributed by atoms with van der Waals surface area (Å²) in [6.07, 6.45) is 0.206. The van der Waals surface area contributed by atoms with Gasteiger partial charge >= 0.3 is 0 Å². The predicted octanol–water partition coefficient (Wildman–Crippen LogP) is 3.44. The number of amides is 1. The number of nitrogens with one attached hydrogen (secondary N) is 1. The number of nitrogens with zero attached hydrogens (tertiary/aromatic N) is 2. The lowest BCUT2D eigenvalue weighted by atomic mass is 10.2. The fourth-order valence-corrected chi connectivity index (χ4v) is 2.46. The Bertz CT molecular complexity index is 714. The first-order valence-electron chi connectivity index (χ1n) is 7.71. The van der Waals surface area contributed by atoms with Crippen LogP contribution in [0.2, 0.25) is 0 Å². The molecule has 0 spiro atoms. The Morgan fingerprint density at radius 3 is 2.62 bits per heavy atom. The highest BCUT2D eigenvalue weighted by Crippen LogP contribution is 2.15. The Hall–Kier alpha value is -2.34. The van der Waals surface area contributed by atoms with Gasteiger partial charge in [0.1, 0.15) is 11.6 Å². The van der Waals surface area contributed by atoms with E-state index >= 15 is 0 Å². The van der Waals surface area contributed by atoms with Gasteiger partial charge in [0.2, 0.25) is 5.91 Å². The van der Waals surface area contributed by atoms with Crippen LogP contribution in [0.1, 0.15) is 23.4 Å². The lowest BCUT2D eigenvalue weighted by Gasteiger charge is -2.16. The number of carbonyl (C=O) groups is 1. The molecule has 2 rings (SSSR count). The van der Waals surface area contributed by atoms with Crippen LogP contribution >= 0.6 is 0 Å². The lowest BCUT2D eigenvalue weighted by molar-refractivity contribution is -0.116. The molecule has 0 aliphatic carbocycles. The molecule has 1 amide bonds. The molecule has 0 fully saturated rings. The first-order chi connectivity index (χ1) is 11.3. The topological polar surface area (TPSA) is 45.2 Å². The minimum Gasteiger partial charge on any atom is -0.324 e. The van der Waals surface area contributed by atoms with E-state index in [0.29, 0.717) is 13.1 Å². The number of benzene rings is 1. The van der Waals surface area contributed by atoms with Crippen molar-refractivity contribution in [1.82, 2.24) is 9.88 Å². The number of hydrogen-bond acceptors (Lipinski definition) is 3. The normalized spacial score (nSPS) is 10.9. The van der Waals surface area contributed by atoms with Gasteiger partial charge in [0.25, 0.3) is 0 Å². The number of aryl methyl sites for hydroxylation is 2. The lowest BCUT2D eigenvalue weighted by Crippen LogP contribution is -2.24. The first-order valence-corrected chi connectivity index (χ1v) is 7.71. The third-order valence-electron chi connectivity index (χ3n) is 3.51. The van der Waals surface area contributed by atoms with Crippen LogP contribution in [0.4, 0.5) is 14.5 Å². The quantitative estimate of drug-likeness (QED) is 0.881. The summed E-state index contributed by atoms with van der Waals surface area (Å²) >= 11 is 0. The summed E-state index contributed by atoms with van der Waals surface area (Å²) in [7, 11) is 1.89. The zero-order valence-electron chi connectivity index (χ0n) is 14.1. The van der Waals surface area contributed by atoms with Crippen LogP contribution in [-0.2, 0) is 11.3 Å². The predicted molar refractivity (Wildman–Crippen MR) is 89.6 cm³/mol. The SMILES string of the molecule is Cc1cc(C)nc(CN(C)CCC(=O)Nc2ccc(F)cc2F)c1. The monoisotopic (exact) mass is 333 g/mol. The molecule has 0 saturated heterocycles. The fourth-order valence-electron chi connectivity index (χ4n) is 2.46. The van der Waals surface area contributed by atoms with Crippen molar-refractivity contribution in [3.05, 3.63) is 58.9 Å². The zero-order valence-corrected chi connectivity index (χ0v) is 14.1. The van der Waals surface area contributed by atoms with Crippen molar-refractivity contribution in [3.63, 3.8) is 0 Å². The second-order valence-corrected chi connectivity index (χ2v) is 5.94. The number of anilines is 1. The molecule has 0 bridgehead atoms. The van der Waals surface area contributed by atoms with Gasteiger partial charge in [0.05, 0.1) is 11.4 Å². The second kappa shape index (κ2) is 7.97. The molecule has 0 aliphatic heterocycles. The van der Waals surface area contributed by atoms with E-state index in [0.717, 1.165) is 29.1 Å². The molecule has 1 N–H and O–H groups in total. The van der Waals surface area contributed by atoms with Gasteiger partial charge < -0.3 is 10.2 Å². The minimum atomic E-state index is -0.781. The van der Waals surface area contributed by atoms with Crippen molar-refractivity contribution in [2.75, 3.05) is 18.9 Å². The fraction of sp³-hybridized carbons (Fsp3) is 0.333. The minimum absolute atomic E-state index is 0.0139. The van der Waals surface area contributed by atoms with Gasteiger partial charge in [0.15, 0.2) is 0 Å². The maximum absolute atomic E-state index is 13.5.